The van der Waals surface area contributed by atoms with Crippen LogP contribution >= 0.6 is 0 Å². The van der Waals surface area contributed by atoms with Gasteiger partial charge < -0.3 is 5.11 Å². The number of aromatic nitrogens is 2. The molecule has 4 nitrogen and oxygen atoms in total. The molecule has 1 heterocycles. The Morgan fingerprint density at radius 2 is 1.37 bits per heavy atom. The van der Waals surface area contributed by atoms with Crippen molar-refractivity contribution in [2.24, 2.45) is 10.8 Å². The Kier molecular flexibility index (Phi) is 11.9. The van der Waals surface area contributed by atoms with E-state index < -0.39 is 0 Å². The van der Waals surface area contributed by atoms with E-state index in [1.54, 1.807) is 6.33 Å². The van der Waals surface area contributed by atoms with Crippen LogP contribution in [-0.2, 0) is 35.7 Å². The molecule has 1 radical (unpaired) electrons. The molecule has 1 N–H and O–H groups in total. The zero-order valence-electron chi connectivity index (χ0n) is 32.4. The summed E-state index contributed by atoms with van der Waals surface area (Å²) < 4.78 is 0. The van der Waals surface area contributed by atoms with E-state index in [1.807, 2.05) is 47.6 Å². The molecule has 0 amide bonds. The predicted molar refractivity (Wildman–Crippen MR) is 211 cm³/mol. The van der Waals surface area contributed by atoms with Crippen LogP contribution in [0, 0.1) is 16.9 Å². The van der Waals surface area contributed by atoms with Crippen LogP contribution in [0.1, 0.15) is 119 Å². The van der Waals surface area contributed by atoms with Gasteiger partial charge in [-0.3, -0.25) is 9.78 Å². The number of carbonyl (C=O) groups excluding carboxylic acids is 1. The molecule has 0 unspecified atom stereocenters. The quantitative estimate of drug-likeness (QED) is 0.0959. The molecule has 5 heteroatoms. The maximum Gasteiger partial charge on any atom is 0.164 e. The number of aliphatic hydroxyl groups excluding tert-OH is 1. The van der Waals surface area contributed by atoms with Gasteiger partial charge in [0.05, 0.1) is 5.69 Å². The average Bonchev–Trinajstić information content (AvgIpc) is 3.34. The number of hydrogen-bond donors (Lipinski definition) is 1. The van der Waals surface area contributed by atoms with Gasteiger partial charge in [-0.15, -0.1) is 29.1 Å². The molecule has 4 aromatic carbocycles. The third-order valence-corrected chi connectivity index (χ3v) is 11.8. The average molecular weight is 860 g/mol. The second kappa shape index (κ2) is 15.1. The Bertz CT molecular complexity index is 2080. The van der Waals surface area contributed by atoms with Crippen molar-refractivity contribution < 1.29 is 30.0 Å². The molecule has 1 aromatic heterocycles. The van der Waals surface area contributed by atoms with Gasteiger partial charge in [-0.25, -0.2) is 4.98 Å². The summed E-state index contributed by atoms with van der Waals surface area (Å²) in [5.41, 5.74) is 7.44. The Labute approximate surface area is 319 Å². The van der Waals surface area contributed by atoms with E-state index in [9.17, 15) is 9.90 Å². The SMILES string of the molecule is CC(C)(C)c1ccc2c(-c3ncnc4c3C(C)(C)c3cc5ccccc5cc3-4)[c-]ccc2c1.CCC(C)(CC)C(=O)/C=C(\O)C(C)(CC)CC.[Ir]. The van der Waals surface area contributed by atoms with E-state index in [0.717, 1.165) is 42.6 Å². The maximum atomic E-state index is 12.2. The number of hydrogen-bond acceptors (Lipinski definition) is 4. The molecular formula is C46H55IrN2O2-. The monoisotopic (exact) mass is 860 g/mol. The van der Waals surface area contributed by atoms with Gasteiger partial charge in [0.1, 0.15) is 12.1 Å². The van der Waals surface area contributed by atoms with Crippen LogP contribution in [-0.4, -0.2) is 20.9 Å². The van der Waals surface area contributed by atoms with Crippen molar-refractivity contribution in [2.75, 3.05) is 0 Å². The van der Waals surface area contributed by atoms with E-state index in [4.69, 9.17) is 9.97 Å². The Balaban J connectivity index is 0.000000279. The van der Waals surface area contributed by atoms with Crippen LogP contribution < -0.4 is 0 Å². The molecule has 0 atom stereocenters. The van der Waals surface area contributed by atoms with Gasteiger partial charge in [0.2, 0.25) is 0 Å². The largest absolute Gasteiger partial charge is 0.512 e. The number of rotatable bonds is 8. The first kappa shape index (κ1) is 40.1. The van der Waals surface area contributed by atoms with Crippen molar-refractivity contribution in [3.63, 3.8) is 0 Å². The summed E-state index contributed by atoms with van der Waals surface area (Å²) in [5, 5.41) is 15.0. The summed E-state index contributed by atoms with van der Waals surface area (Å²) >= 11 is 0. The first-order chi connectivity index (χ1) is 23.5. The molecule has 0 spiro atoms. The van der Waals surface area contributed by atoms with E-state index in [-0.39, 0.29) is 53.3 Å². The van der Waals surface area contributed by atoms with E-state index in [1.165, 1.54) is 49.9 Å². The predicted octanol–water partition coefficient (Wildman–Crippen LogP) is 12.5. The zero-order chi connectivity index (χ0) is 36.6. The standard InChI is InChI=1S/C31H27N2.C15H28O2.Ir/c1-30(2,3)22-13-14-23-21(15-22)11-8-12-24(23)28-27-29(33-18-32-28)25-16-19-9-6-7-10-20(19)17-26(25)31(27,4)5;1-7-14(5,8-2)12(16)11-13(17)15(6,9-3)10-4;/h6-11,13-18H,1-5H3;11,16H,7-10H2,1-6H3;/q-1;;/b;12-11-;. The molecule has 1 aliphatic rings. The summed E-state index contributed by atoms with van der Waals surface area (Å²) in [7, 11) is 0. The van der Waals surface area contributed by atoms with Crippen molar-refractivity contribution in [3.05, 3.63) is 108 Å². The summed E-state index contributed by atoms with van der Waals surface area (Å²) in [6.45, 7) is 23.4. The summed E-state index contributed by atoms with van der Waals surface area (Å²) in [4.78, 5) is 21.8. The van der Waals surface area contributed by atoms with Crippen LogP contribution in [0.25, 0.3) is 44.1 Å². The van der Waals surface area contributed by atoms with Gasteiger partial charge in [-0.1, -0.05) is 124 Å². The topological polar surface area (TPSA) is 63.1 Å². The molecule has 0 fully saturated rings. The van der Waals surface area contributed by atoms with E-state index >= 15 is 0 Å². The number of nitrogens with zero attached hydrogens (tertiary/aromatic N) is 2. The Hall–Kier alpha value is -3.66. The fourth-order valence-electron chi connectivity index (χ4n) is 7.03. The molecule has 0 bridgehead atoms. The second-order valence-corrected chi connectivity index (χ2v) is 16.1. The molecular weight excluding hydrogens is 805 g/mol. The Morgan fingerprint density at radius 1 is 0.784 bits per heavy atom. The van der Waals surface area contributed by atoms with Crippen LogP contribution in [0.2, 0.25) is 0 Å². The third-order valence-electron chi connectivity index (χ3n) is 11.8. The number of fused-ring (bicyclic) bond motifs is 5. The van der Waals surface area contributed by atoms with E-state index in [0.29, 0.717) is 0 Å². The smallest absolute Gasteiger partial charge is 0.164 e. The van der Waals surface area contributed by atoms with Crippen LogP contribution in [0.3, 0.4) is 0 Å². The molecule has 0 saturated carbocycles. The molecule has 1 aliphatic carbocycles. The van der Waals surface area contributed by atoms with Gasteiger partial charge in [0, 0.05) is 48.0 Å². The third kappa shape index (κ3) is 7.48. The van der Waals surface area contributed by atoms with Crippen molar-refractivity contribution in [1.82, 2.24) is 9.97 Å². The minimum absolute atomic E-state index is 0. The fourth-order valence-corrected chi connectivity index (χ4v) is 7.03. The van der Waals surface area contributed by atoms with Crippen LogP contribution in [0.5, 0.6) is 0 Å². The number of carbonyl (C=O) groups is 1. The van der Waals surface area contributed by atoms with Crippen molar-refractivity contribution >= 4 is 27.3 Å². The molecule has 51 heavy (non-hydrogen) atoms. The van der Waals surface area contributed by atoms with Crippen LogP contribution in [0.15, 0.2) is 84.9 Å². The Morgan fingerprint density at radius 3 is 1.96 bits per heavy atom. The molecule has 0 saturated heterocycles. The number of aliphatic hydroxyl groups is 1. The van der Waals surface area contributed by atoms with Gasteiger partial charge in [-0.05, 0) is 76.4 Å². The van der Waals surface area contributed by atoms with Gasteiger partial charge in [0.15, 0.2) is 5.78 Å². The molecule has 5 aromatic rings. The van der Waals surface area contributed by atoms with Crippen LogP contribution in [0.4, 0.5) is 0 Å². The minimum atomic E-state index is -0.337. The van der Waals surface area contributed by atoms with Gasteiger partial charge in [-0.2, -0.15) is 0 Å². The van der Waals surface area contributed by atoms with Gasteiger partial charge >= 0.3 is 0 Å². The summed E-state index contributed by atoms with van der Waals surface area (Å²) in [6, 6.07) is 27.7. The number of ketones is 1. The number of allylic oxidation sites excluding steroid dienone is 2. The molecule has 0 aliphatic heterocycles. The van der Waals surface area contributed by atoms with Crippen molar-refractivity contribution in [1.29, 1.82) is 0 Å². The second-order valence-electron chi connectivity index (χ2n) is 16.1. The van der Waals surface area contributed by atoms with Crippen molar-refractivity contribution in [3.8, 4) is 22.5 Å². The van der Waals surface area contributed by atoms with E-state index in [2.05, 4.69) is 101 Å². The minimum Gasteiger partial charge on any atom is -0.512 e. The first-order valence-electron chi connectivity index (χ1n) is 18.3. The fraction of sp³-hybridized carbons (Fsp3) is 0.413. The maximum absolute atomic E-state index is 12.2. The summed E-state index contributed by atoms with van der Waals surface area (Å²) in [5.74, 6) is 0.286. The van der Waals surface area contributed by atoms with Crippen molar-refractivity contribution in [2.45, 2.75) is 113 Å². The van der Waals surface area contributed by atoms with Gasteiger partial charge in [0.25, 0.3) is 0 Å². The number of benzene rings is 4. The molecule has 6 rings (SSSR count). The first-order valence-corrected chi connectivity index (χ1v) is 18.3. The zero-order valence-corrected chi connectivity index (χ0v) is 34.8. The summed E-state index contributed by atoms with van der Waals surface area (Å²) in [6.07, 6.45) is 6.47. The molecule has 271 valence electrons. The normalized spacial score (nSPS) is 14.0.